The lowest BCUT2D eigenvalue weighted by Gasteiger charge is -2.45. The van der Waals surface area contributed by atoms with Crippen molar-refractivity contribution in [3.63, 3.8) is 0 Å². The molecule has 16 heteroatoms. The van der Waals surface area contributed by atoms with E-state index in [1.54, 1.807) is 6.07 Å². The van der Waals surface area contributed by atoms with Gasteiger partial charge in [0.15, 0.2) is 0 Å². The van der Waals surface area contributed by atoms with Gasteiger partial charge in [-0.15, -0.1) is 0 Å². The number of amides is 1. The molecule has 3 saturated heterocycles. The van der Waals surface area contributed by atoms with E-state index in [-0.39, 0.29) is 39.0 Å². The van der Waals surface area contributed by atoms with Crippen LogP contribution in [0.1, 0.15) is 55.2 Å². The third-order valence-corrected chi connectivity index (χ3v) is 8.60. The lowest BCUT2D eigenvalue weighted by molar-refractivity contribution is -0.308. The van der Waals surface area contributed by atoms with Gasteiger partial charge in [-0.25, -0.2) is 4.79 Å². The van der Waals surface area contributed by atoms with E-state index in [9.17, 15) is 54.2 Å². The molecule has 3 aliphatic rings. The number of likely N-dealkylation sites (tertiary alicyclic amines) is 3. The summed E-state index contributed by atoms with van der Waals surface area (Å²) in [6, 6.07) is 3.81. The molecule has 1 amide bonds. The minimum Gasteiger partial charge on any atom is -0.481 e. The Kier molecular flexibility index (Phi) is 9.50. The first-order valence-electron chi connectivity index (χ1n) is 13.9. The van der Waals surface area contributed by atoms with Gasteiger partial charge in [0.25, 0.3) is 6.10 Å². The zero-order chi connectivity index (χ0) is 31.8. The third kappa shape index (κ3) is 8.05. The second-order valence-corrected chi connectivity index (χ2v) is 11.5. The van der Waals surface area contributed by atoms with E-state index < -0.39 is 53.7 Å². The van der Waals surface area contributed by atoms with Crippen molar-refractivity contribution in [2.75, 3.05) is 32.7 Å². The van der Waals surface area contributed by atoms with Crippen molar-refractivity contribution in [3.05, 3.63) is 34.9 Å². The standard InChI is InChI=1S/C27H32F9N3O4/c28-25(29,30)20-13-17(15-37-8-2-19(3-9-37)21(40)41)12-18(14-20)16-39-7-1-4-24(39)5-10-38(11-6-24)23(42)43-22(26(31,32)33)27(34,35)36/h12-14,19,22H,1-11,15-16H2,(H,40,41). The number of ether oxygens (including phenoxy) is 1. The van der Waals surface area contributed by atoms with Crippen molar-refractivity contribution in [1.29, 1.82) is 0 Å². The van der Waals surface area contributed by atoms with E-state index in [0.717, 1.165) is 17.0 Å². The van der Waals surface area contributed by atoms with Crippen molar-refractivity contribution < 1.29 is 58.9 Å². The summed E-state index contributed by atoms with van der Waals surface area (Å²) in [5, 5.41) is 9.20. The zero-order valence-corrected chi connectivity index (χ0v) is 23.0. The molecule has 0 aliphatic carbocycles. The number of hydrogen-bond acceptors (Lipinski definition) is 5. The highest BCUT2D eigenvalue weighted by Crippen LogP contribution is 2.41. The highest BCUT2D eigenvalue weighted by molar-refractivity contribution is 5.70. The Labute approximate surface area is 241 Å². The number of alkyl halides is 9. The Morgan fingerprint density at radius 2 is 1.40 bits per heavy atom. The van der Waals surface area contributed by atoms with Crippen LogP contribution in [0.25, 0.3) is 0 Å². The molecule has 0 unspecified atom stereocenters. The van der Waals surface area contributed by atoms with Gasteiger partial charge in [0.1, 0.15) is 0 Å². The van der Waals surface area contributed by atoms with Crippen molar-refractivity contribution in [3.8, 4) is 0 Å². The highest BCUT2D eigenvalue weighted by Gasteiger charge is 2.60. The maximum atomic E-state index is 13.8. The molecule has 0 saturated carbocycles. The van der Waals surface area contributed by atoms with Crippen LogP contribution in [0.3, 0.4) is 0 Å². The second kappa shape index (κ2) is 12.3. The van der Waals surface area contributed by atoms with Crippen molar-refractivity contribution in [1.82, 2.24) is 14.7 Å². The maximum absolute atomic E-state index is 13.8. The van der Waals surface area contributed by atoms with Crippen molar-refractivity contribution in [2.24, 2.45) is 5.92 Å². The second-order valence-electron chi connectivity index (χ2n) is 11.5. The largest absolute Gasteiger partial charge is 0.481 e. The van der Waals surface area contributed by atoms with Crippen LogP contribution >= 0.6 is 0 Å². The number of nitrogens with zero attached hydrogens (tertiary/aromatic N) is 3. The molecule has 3 fully saturated rings. The summed E-state index contributed by atoms with van der Waals surface area (Å²) >= 11 is 0. The summed E-state index contributed by atoms with van der Waals surface area (Å²) in [7, 11) is 0. The highest BCUT2D eigenvalue weighted by atomic mass is 19.4. The van der Waals surface area contributed by atoms with Gasteiger partial charge < -0.3 is 14.7 Å². The zero-order valence-electron chi connectivity index (χ0n) is 23.0. The van der Waals surface area contributed by atoms with Gasteiger partial charge in [-0.2, -0.15) is 39.5 Å². The minimum atomic E-state index is -5.83. The topological polar surface area (TPSA) is 73.3 Å². The van der Waals surface area contributed by atoms with Crippen LogP contribution in [-0.4, -0.2) is 88.6 Å². The number of carbonyl (C=O) groups excluding carboxylic acids is 1. The molecule has 3 aliphatic heterocycles. The minimum absolute atomic E-state index is 0.132. The van der Waals surface area contributed by atoms with E-state index in [0.29, 0.717) is 56.4 Å². The SMILES string of the molecule is O=C(O)C1CCN(Cc2cc(CN3CCCC34CCN(C(=O)OC(C(F)(F)F)C(F)(F)F)CC4)cc(C(F)(F)F)c2)CC1. The Balaban J connectivity index is 1.43. The lowest BCUT2D eigenvalue weighted by atomic mass is 9.84. The third-order valence-electron chi connectivity index (χ3n) is 8.60. The van der Waals surface area contributed by atoms with E-state index in [1.165, 1.54) is 0 Å². The number of piperidine rings is 2. The molecule has 1 spiro atoms. The number of carbonyl (C=O) groups is 2. The van der Waals surface area contributed by atoms with Gasteiger partial charge in [0.05, 0.1) is 11.5 Å². The summed E-state index contributed by atoms with van der Waals surface area (Å²) in [6.07, 6.45) is -19.8. The van der Waals surface area contributed by atoms with E-state index in [1.807, 2.05) is 9.80 Å². The van der Waals surface area contributed by atoms with Gasteiger partial charge in [-0.1, -0.05) is 6.07 Å². The first-order chi connectivity index (χ1) is 19.9. The Bertz CT molecular complexity index is 1140. The molecule has 0 aromatic heterocycles. The van der Waals surface area contributed by atoms with Crippen LogP contribution in [0.4, 0.5) is 44.3 Å². The molecule has 0 atom stereocenters. The quantitative estimate of drug-likeness (QED) is 0.384. The van der Waals surface area contributed by atoms with Crippen LogP contribution in [-0.2, 0) is 28.8 Å². The summed E-state index contributed by atoms with van der Waals surface area (Å²) in [5.74, 6) is -1.38. The normalized spacial score (nSPS) is 21.1. The van der Waals surface area contributed by atoms with Crippen molar-refractivity contribution >= 4 is 12.1 Å². The number of aliphatic carboxylic acids is 1. The molecular weight excluding hydrogens is 601 g/mol. The molecule has 1 aromatic rings. The molecular formula is C27H32F9N3O4. The predicted octanol–water partition coefficient (Wildman–Crippen LogP) is 6.06. The average molecular weight is 634 g/mol. The van der Waals surface area contributed by atoms with Crippen LogP contribution in [0.15, 0.2) is 18.2 Å². The molecule has 7 nitrogen and oxygen atoms in total. The van der Waals surface area contributed by atoms with E-state index >= 15 is 0 Å². The van der Waals surface area contributed by atoms with E-state index in [4.69, 9.17) is 0 Å². The molecule has 4 rings (SSSR count). The number of hydrogen-bond donors (Lipinski definition) is 1. The smallest absolute Gasteiger partial charge is 0.434 e. The van der Waals surface area contributed by atoms with Gasteiger partial charge in [-0.05, 0) is 81.4 Å². The maximum Gasteiger partial charge on any atom is 0.434 e. The number of rotatable bonds is 6. The molecule has 242 valence electrons. The fourth-order valence-corrected chi connectivity index (χ4v) is 6.33. The summed E-state index contributed by atoms with van der Waals surface area (Å²) in [5.41, 5.74) is -0.591. The predicted molar refractivity (Wildman–Crippen MR) is 133 cm³/mol. The summed E-state index contributed by atoms with van der Waals surface area (Å²) < 4.78 is 122. The first kappa shape index (κ1) is 33.1. The van der Waals surface area contributed by atoms with Crippen LogP contribution < -0.4 is 0 Å². The first-order valence-corrected chi connectivity index (χ1v) is 13.9. The Hall–Kier alpha value is -2.75. The van der Waals surface area contributed by atoms with Crippen molar-refractivity contribution in [2.45, 2.75) is 81.8 Å². The fraction of sp³-hybridized carbons (Fsp3) is 0.704. The molecule has 0 radical (unpaired) electrons. The number of carboxylic acids is 1. The molecule has 1 aromatic carbocycles. The number of halogens is 9. The monoisotopic (exact) mass is 633 g/mol. The van der Waals surface area contributed by atoms with Gasteiger partial charge in [-0.3, -0.25) is 14.6 Å². The van der Waals surface area contributed by atoms with Gasteiger partial charge in [0, 0.05) is 31.7 Å². The number of carboxylic acid groups (broad SMARTS) is 1. The van der Waals surface area contributed by atoms with Gasteiger partial charge >= 0.3 is 30.6 Å². The van der Waals surface area contributed by atoms with Crippen LogP contribution in [0, 0.1) is 5.92 Å². The van der Waals surface area contributed by atoms with Gasteiger partial charge in [0.2, 0.25) is 0 Å². The number of benzene rings is 1. The molecule has 0 bridgehead atoms. The Morgan fingerprint density at radius 3 is 1.91 bits per heavy atom. The van der Waals surface area contributed by atoms with Crippen LogP contribution in [0.5, 0.6) is 0 Å². The fourth-order valence-electron chi connectivity index (χ4n) is 6.33. The molecule has 43 heavy (non-hydrogen) atoms. The summed E-state index contributed by atoms with van der Waals surface area (Å²) in [6.45, 7) is 1.39. The molecule has 3 heterocycles. The van der Waals surface area contributed by atoms with E-state index in [2.05, 4.69) is 4.74 Å². The van der Waals surface area contributed by atoms with Crippen LogP contribution in [0.2, 0.25) is 0 Å². The molecule has 1 N–H and O–H groups in total. The lowest BCUT2D eigenvalue weighted by Crippen LogP contribution is -2.54. The average Bonchev–Trinajstić information content (AvgIpc) is 3.26. The Morgan fingerprint density at radius 1 is 0.837 bits per heavy atom. The summed E-state index contributed by atoms with van der Waals surface area (Å²) in [4.78, 5) is 28.1.